The van der Waals surface area contributed by atoms with Crippen LogP contribution in [0.4, 0.5) is 18.9 Å². The van der Waals surface area contributed by atoms with Gasteiger partial charge in [0.05, 0.1) is 28.2 Å². The molecule has 4 aromatic carbocycles. The smallest absolute Gasteiger partial charge is 0.416 e. The molecule has 0 aliphatic carbocycles. The SMILES string of the molecule is O=S1(=O)NC(O)=CN1c1ccc(Cn2cc(-c3ccc(Cl)cc3Cl)nc2C=Cc2ccc(-c3cccc(C(F)(F)F)c3)cc2)cc1. The van der Waals surface area contributed by atoms with Gasteiger partial charge in [0.1, 0.15) is 5.82 Å². The summed E-state index contributed by atoms with van der Waals surface area (Å²) in [5.74, 6) is 0.115. The number of aliphatic hydroxyl groups is 1. The van der Waals surface area contributed by atoms with Crippen LogP contribution in [0.2, 0.25) is 10.0 Å². The maximum atomic E-state index is 13.2. The predicted molar refractivity (Wildman–Crippen MR) is 174 cm³/mol. The van der Waals surface area contributed by atoms with Crippen LogP contribution in [-0.2, 0) is 22.9 Å². The summed E-state index contributed by atoms with van der Waals surface area (Å²) < 4.78 is 68.9. The molecule has 1 aliphatic heterocycles. The van der Waals surface area contributed by atoms with Gasteiger partial charge in [0, 0.05) is 23.3 Å². The molecule has 0 radical (unpaired) electrons. The fraction of sp³-hybridized carbons (Fsp3) is 0.0606. The van der Waals surface area contributed by atoms with Crippen LogP contribution in [0.25, 0.3) is 34.5 Å². The van der Waals surface area contributed by atoms with E-state index in [-0.39, 0.29) is 0 Å². The molecule has 0 spiro atoms. The third-order valence-corrected chi connectivity index (χ3v) is 9.00. The number of aromatic nitrogens is 2. The number of nitrogens with zero attached hydrogens (tertiary/aromatic N) is 3. The van der Waals surface area contributed by atoms with E-state index >= 15 is 0 Å². The number of alkyl halides is 3. The quantitative estimate of drug-likeness (QED) is 0.180. The van der Waals surface area contributed by atoms with Gasteiger partial charge in [-0.1, -0.05) is 77.8 Å². The number of nitrogens with one attached hydrogen (secondary N) is 1. The van der Waals surface area contributed by atoms with E-state index in [1.54, 1.807) is 60.7 Å². The Morgan fingerprint density at radius 3 is 2.28 bits per heavy atom. The lowest BCUT2D eigenvalue weighted by Gasteiger charge is -2.14. The maximum absolute atomic E-state index is 13.2. The molecule has 234 valence electrons. The minimum Gasteiger partial charge on any atom is -0.493 e. The van der Waals surface area contributed by atoms with Crippen molar-refractivity contribution in [3.8, 4) is 22.4 Å². The number of aliphatic hydroxyl groups excluding tert-OH is 1. The van der Waals surface area contributed by atoms with E-state index in [1.807, 2.05) is 39.8 Å². The molecule has 0 bridgehead atoms. The third-order valence-electron chi connectivity index (χ3n) is 7.15. The number of benzene rings is 4. The van der Waals surface area contributed by atoms with Gasteiger partial charge >= 0.3 is 16.4 Å². The van der Waals surface area contributed by atoms with Gasteiger partial charge in [-0.05, 0) is 70.8 Å². The Morgan fingerprint density at radius 2 is 1.63 bits per heavy atom. The molecule has 1 aliphatic rings. The molecule has 0 saturated heterocycles. The zero-order chi connectivity index (χ0) is 32.6. The summed E-state index contributed by atoms with van der Waals surface area (Å²) in [6, 6.07) is 24.2. The highest BCUT2D eigenvalue weighted by Gasteiger charge is 2.30. The summed E-state index contributed by atoms with van der Waals surface area (Å²) in [5, 5.41) is 10.5. The molecule has 1 aromatic heterocycles. The third kappa shape index (κ3) is 6.76. The standard InChI is InChI=1S/C33H23Cl2F3N4O3S/c34-26-11-14-28(29(35)17-26)30-19-41(18-22-6-12-27(13-7-22)42-20-32(43)40-46(42,44)45)31(39-30)15-8-21-4-9-23(10-5-21)24-2-1-3-25(16-24)33(36,37)38/h1-17,19-20,40,43H,18H2. The molecule has 2 heterocycles. The van der Waals surface area contributed by atoms with Crippen LogP contribution in [0.1, 0.15) is 22.5 Å². The fourth-order valence-corrected chi connectivity index (χ4v) is 6.45. The van der Waals surface area contributed by atoms with Gasteiger partial charge in [-0.25, -0.2) is 14.0 Å². The first-order valence-corrected chi connectivity index (χ1v) is 15.9. The number of hydrogen-bond acceptors (Lipinski definition) is 4. The highest BCUT2D eigenvalue weighted by Crippen LogP contribution is 2.33. The van der Waals surface area contributed by atoms with Gasteiger partial charge in [-0.3, -0.25) is 0 Å². The Kier molecular flexibility index (Phi) is 8.32. The van der Waals surface area contributed by atoms with Gasteiger partial charge in [-0.15, -0.1) is 0 Å². The number of imidazole rings is 1. The molecule has 6 rings (SSSR count). The summed E-state index contributed by atoms with van der Waals surface area (Å²) in [5.41, 5.74) is 3.67. The van der Waals surface area contributed by atoms with Crippen LogP contribution < -0.4 is 9.03 Å². The van der Waals surface area contributed by atoms with E-state index in [0.717, 1.165) is 33.8 Å². The van der Waals surface area contributed by atoms with Crippen LogP contribution in [-0.4, -0.2) is 23.1 Å². The largest absolute Gasteiger partial charge is 0.493 e. The van der Waals surface area contributed by atoms with Crippen molar-refractivity contribution in [1.82, 2.24) is 14.3 Å². The second kappa shape index (κ2) is 12.2. The maximum Gasteiger partial charge on any atom is 0.416 e. The van der Waals surface area contributed by atoms with Crippen LogP contribution in [0.15, 0.2) is 109 Å². The van der Waals surface area contributed by atoms with Gasteiger partial charge in [0.2, 0.25) is 5.88 Å². The molecule has 0 atom stereocenters. The number of halogens is 5. The van der Waals surface area contributed by atoms with Gasteiger partial charge in [-0.2, -0.15) is 21.6 Å². The summed E-state index contributed by atoms with van der Waals surface area (Å²) in [7, 11) is -3.91. The van der Waals surface area contributed by atoms with E-state index in [1.165, 1.54) is 6.07 Å². The molecule has 5 aromatic rings. The van der Waals surface area contributed by atoms with Crippen LogP contribution >= 0.6 is 23.2 Å². The van der Waals surface area contributed by atoms with Crippen molar-refractivity contribution in [1.29, 1.82) is 0 Å². The van der Waals surface area contributed by atoms with Gasteiger partial charge in [0.15, 0.2) is 0 Å². The molecule has 46 heavy (non-hydrogen) atoms. The zero-order valence-electron chi connectivity index (χ0n) is 23.6. The van der Waals surface area contributed by atoms with E-state index < -0.39 is 27.8 Å². The van der Waals surface area contributed by atoms with E-state index in [2.05, 4.69) is 0 Å². The van der Waals surface area contributed by atoms with Crippen molar-refractivity contribution in [2.24, 2.45) is 0 Å². The van der Waals surface area contributed by atoms with Crippen LogP contribution in [0, 0.1) is 0 Å². The molecule has 0 unspecified atom stereocenters. The first-order valence-electron chi connectivity index (χ1n) is 13.7. The monoisotopic (exact) mass is 682 g/mol. The van der Waals surface area contributed by atoms with E-state index in [9.17, 15) is 26.7 Å². The summed E-state index contributed by atoms with van der Waals surface area (Å²) in [6.45, 7) is 0.374. The normalized spacial score (nSPS) is 14.5. The lowest BCUT2D eigenvalue weighted by molar-refractivity contribution is -0.137. The molecule has 2 N–H and O–H groups in total. The molecule has 0 amide bonds. The molecule has 0 fully saturated rings. The molecular formula is C33H23Cl2F3N4O3S. The minimum atomic E-state index is -4.43. The number of anilines is 1. The topological polar surface area (TPSA) is 87.5 Å². The average molecular weight is 684 g/mol. The van der Waals surface area contributed by atoms with Crippen molar-refractivity contribution in [3.05, 3.63) is 142 Å². The Labute approximate surface area is 272 Å². The van der Waals surface area contributed by atoms with Crippen molar-refractivity contribution in [2.45, 2.75) is 12.7 Å². The summed E-state index contributed by atoms with van der Waals surface area (Å²) in [6.07, 6.45) is 2.16. The Bertz CT molecular complexity index is 2090. The van der Waals surface area contributed by atoms with Crippen molar-refractivity contribution < 1.29 is 26.7 Å². The average Bonchev–Trinajstić information content (AvgIpc) is 3.54. The highest BCUT2D eigenvalue weighted by atomic mass is 35.5. The lowest BCUT2D eigenvalue weighted by atomic mass is 10.0. The first kappa shape index (κ1) is 31.3. The predicted octanol–water partition coefficient (Wildman–Crippen LogP) is 8.77. The molecular weight excluding hydrogens is 660 g/mol. The van der Waals surface area contributed by atoms with Crippen molar-refractivity contribution in [3.63, 3.8) is 0 Å². The van der Waals surface area contributed by atoms with Crippen molar-refractivity contribution in [2.75, 3.05) is 4.31 Å². The molecule has 7 nitrogen and oxygen atoms in total. The number of hydrogen-bond donors (Lipinski definition) is 2. The van der Waals surface area contributed by atoms with E-state index in [4.69, 9.17) is 28.2 Å². The minimum absolute atomic E-state index is 0.341. The van der Waals surface area contributed by atoms with Crippen LogP contribution in [0.3, 0.4) is 0 Å². The molecule has 0 saturated carbocycles. The van der Waals surface area contributed by atoms with E-state index in [0.29, 0.717) is 50.5 Å². The zero-order valence-corrected chi connectivity index (χ0v) is 25.9. The Hall–Kier alpha value is -4.71. The lowest BCUT2D eigenvalue weighted by Crippen LogP contribution is -2.29. The molecule has 13 heteroatoms. The first-order chi connectivity index (χ1) is 21.9. The Balaban J connectivity index is 1.28. The van der Waals surface area contributed by atoms with Crippen molar-refractivity contribution >= 4 is 51.3 Å². The second-order valence-electron chi connectivity index (χ2n) is 10.4. The highest BCUT2D eigenvalue weighted by molar-refractivity contribution is 7.91. The fourth-order valence-electron chi connectivity index (χ4n) is 4.90. The summed E-state index contributed by atoms with van der Waals surface area (Å²) in [4.78, 5) is 4.80. The van der Waals surface area contributed by atoms with Gasteiger partial charge < -0.3 is 9.67 Å². The Morgan fingerprint density at radius 1 is 0.891 bits per heavy atom. The van der Waals surface area contributed by atoms with Crippen LogP contribution in [0.5, 0.6) is 0 Å². The second-order valence-corrected chi connectivity index (χ2v) is 12.7. The number of rotatable bonds is 7. The summed E-state index contributed by atoms with van der Waals surface area (Å²) >= 11 is 12.6. The van der Waals surface area contributed by atoms with Gasteiger partial charge in [0.25, 0.3) is 0 Å².